The quantitative estimate of drug-likeness (QED) is 0.804. The molecule has 0 aromatic heterocycles. The van der Waals surface area contributed by atoms with Crippen LogP contribution in [-0.4, -0.2) is 20.3 Å². The SMILES string of the molecule is COc1cccc(CNC2CCCCCC2)c1OC.[Cl-]. The highest BCUT2D eigenvalue weighted by molar-refractivity contribution is 5.46. The van der Waals surface area contributed by atoms with E-state index in [1.807, 2.05) is 12.1 Å². The normalized spacial score (nSPS) is 16.1. The van der Waals surface area contributed by atoms with Crippen molar-refractivity contribution in [2.24, 2.45) is 0 Å². The van der Waals surface area contributed by atoms with Gasteiger partial charge in [-0.25, -0.2) is 0 Å². The maximum atomic E-state index is 5.47. The van der Waals surface area contributed by atoms with Crippen LogP contribution >= 0.6 is 0 Å². The van der Waals surface area contributed by atoms with E-state index in [-0.39, 0.29) is 12.4 Å². The minimum atomic E-state index is 0. The van der Waals surface area contributed by atoms with Gasteiger partial charge in [0, 0.05) is 18.2 Å². The molecule has 2 rings (SSSR count). The third-order valence-corrected chi connectivity index (χ3v) is 3.92. The van der Waals surface area contributed by atoms with E-state index in [9.17, 15) is 0 Å². The lowest BCUT2D eigenvalue weighted by Gasteiger charge is -2.18. The number of methoxy groups -OCH3 is 2. The van der Waals surface area contributed by atoms with Crippen LogP contribution < -0.4 is 27.2 Å². The topological polar surface area (TPSA) is 30.5 Å². The first-order valence-electron chi connectivity index (χ1n) is 7.28. The van der Waals surface area contributed by atoms with Crippen molar-refractivity contribution in [3.63, 3.8) is 0 Å². The van der Waals surface area contributed by atoms with Crippen molar-refractivity contribution in [2.75, 3.05) is 14.2 Å². The summed E-state index contributed by atoms with van der Waals surface area (Å²) < 4.78 is 10.8. The van der Waals surface area contributed by atoms with Crippen LogP contribution in [0.3, 0.4) is 0 Å². The van der Waals surface area contributed by atoms with Crippen LogP contribution in [-0.2, 0) is 6.54 Å². The van der Waals surface area contributed by atoms with E-state index in [0.29, 0.717) is 6.04 Å². The van der Waals surface area contributed by atoms with Crippen LogP contribution in [0.1, 0.15) is 44.1 Å². The Morgan fingerprint density at radius 2 is 1.75 bits per heavy atom. The Kier molecular flexibility index (Phi) is 7.78. The summed E-state index contributed by atoms with van der Waals surface area (Å²) in [6.07, 6.45) is 8.08. The van der Waals surface area contributed by atoms with Crippen LogP contribution in [0.2, 0.25) is 0 Å². The zero-order valence-electron chi connectivity index (χ0n) is 12.5. The van der Waals surface area contributed by atoms with Gasteiger partial charge in [-0.15, -0.1) is 0 Å². The van der Waals surface area contributed by atoms with Gasteiger partial charge in [0.05, 0.1) is 14.2 Å². The van der Waals surface area contributed by atoms with Crippen molar-refractivity contribution in [1.29, 1.82) is 0 Å². The van der Waals surface area contributed by atoms with Crippen molar-refractivity contribution in [2.45, 2.75) is 51.1 Å². The van der Waals surface area contributed by atoms with Crippen molar-refractivity contribution in [1.82, 2.24) is 5.32 Å². The number of para-hydroxylation sites is 1. The summed E-state index contributed by atoms with van der Waals surface area (Å²) in [6.45, 7) is 0.852. The molecule has 1 aromatic carbocycles. The van der Waals surface area contributed by atoms with Crippen molar-refractivity contribution >= 4 is 0 Å². The number of hydrogen-bond donors (Lipinski definition) is 1. The van der Waals surface area contributed by atoms with E-state index in [0.717, 1.165) is 18.0 Å². The first kappa shape index (κ1) is 17.1. The third-order valence-electron chi connectivity index (χ3n) is 3.92. The van der Waals surface area contributed by atoms with Gasteiger partial charge < -0.3 is 27.2 Å². The minimum Gasteiger partial charge on any atom is -1.00 e. The van der Waals surface area contributed by atoms with E-state index in [1.165, 1.54) is 44.1 Å². The first-order valence-corrected chi connectivity index (χ1v) is 7.28. The molecule has 0 saturated heterocycles. The highest BCUT2D eigenvalue weighted by atomic mass is 35.5. The molecule has 3 nitrogen and oxygen atoms in total. The minimum absolute atomic E-state index is 0. The summed E-state index contributed by atoms with van der Waals surface area (Å²) in [5.41, 5.74) is 1.17. The van der Waals surface area contributed by atoms with Crippen molar-refractivity contribution in [3.05, 3.63) is 23.8 Å². The van der Waals surface area contributed by atoms with Crippen LogP contribution in [0.15, 0.2) is 18.2 Å². The van der Waals surface area contributed by atoms with E-state index >= 15 is 0 Å². The fourth-order valence-electron chi connectivity index (χ4n) is 2.83. The Labute approximate surface area is 128 Å². The Balaban J connectivity index is 0.00000200. The fraction of sp³-hybridized carbons (Fsp3) is 0.625. The number of ether oxygens (including phenoxy) is 2. The highest BCUT2D eigenvalue weighted by Crippen LogP contribution is 2.30. The molecule has 1 aliphatic rings. The lowest BCUT2D eigenvalue weighted by molar-refractivity contribution is -0.00000457. The predicted octanol–water partition coefficient (Wildman–Crippen LogP) is 0.520. The molecule has 0 unspecified atom stereocenters. The van der Waals surface area contributed by atoms with E-state index < -0.39 is 0 Å². The molecule has 0 atom stereocenters. The smallest absolute Gasteiger partial charge is 0.165 e. The van der Waals surface area contributed by atoms with Crippen molar-refractivity contribution < 1.29 is 21.9 Å². The summed E-state index contributed by atoms with van der Waals surface area (Å²) in [7, 11) is 3.38. The van der Waals surface area contributed by atoms with Gasteiger partial charge in [-0.05, 0) is 18.9 Å². The molecule has 114 valence electrons. The molecule has 0 aliphatic heterocycles. The maximum Gasteiger partial charge on any atom is 0.165 e. The van der Waals surface area contributed by atoms with Gasteiger partial charge >= 0.3 is 0 Å². The Hall–Kier alpha value is -0.930. The Bertz CT molecular complexity index is 390. The molecule has 20 heavy (non-hydrogen) atoms. The Morgan fingerprint density at radius 3 is 2.35 bits per heavy atom. The van der Waals surface area contributed by atoms with Crippen LogP contribution in [0.25, 0.3) is 0 Å². The van der Waals surface area contributed by atoms with Gasteiger partial charge in [-0.1, -0.05) is 37.8 Å². The van der Waals surface area contributed by atoms with Gasteiger partial charge in [0.2, 0.25) is 0 Å². The average Bonchev–Trinajstić information content (AvgIpc) is 2.73. The zero-order chi connectivity index (χ0) is 13.5. The van der Waals surface area contributed by atoms with Gasteiger partial charge in [0.25, 0.3) is 0 Å². The summed E-state index contributed by atoms with van der Waals surface area (Å²) in [5.74, 6) is 1.66. The molecule has 0 spiro atoms. The lowest BCUT2D eigenvalue weighted by Crippen LogP contribution is -3.00. The van der Waals surface area contributed by atoms with Gasteiger partial charge in [0.15, 0.2) is 11.5 Å². The molecule has 1 aromatic rings. The molecule has 4 heteroatoms. The van der Waals surface area contributed by atoms with Crippen LogP contribution in [0.4, 0.5) is 0 Å². The summed E-state index contributed by atoms with van der Waals surface area (Å²) >= 11 is 0. The molecule has 1 saturated carbocycles. The zero-order valence-corrected chi connectivity index (χ0v) is 13.2. The number of benzene rings is 1. The predicted molar refractivity (Wildman–Crippen MR) is 77.9 cm³/mol. The van der Waals surface area contributed by atoms with Gasteiger partial charge in [-0.3, -0.25) is 0 Å². The maximum absolute atomic E-state index is 5.47. The van der Waals surface area contributed by atoms with Crippen LogP contribution in [0.5, 0.6) is 11.5 Å². The van der Waals surface area contributed by atoms with E-state index in [4.69, 9.17) is 9.47 Å². The van der Waals surface area contributed by atoms with Gasteiger partial charge in [0.1, 0.15) is 0 Å². The number of halogens is 1. The van der Waals surface area contributed by atoms with Crippen molar-refractivity contribution in [3.8, 4) is 11.5 Å². The molecular formula is C16H25ClNO2-. The van der Waals surface area contributed by atoms with E-state index in [1.54, 1.807) is 14.2 Å². The number of hydrogen-bond acceptors (Lipinski definition) is 3. The molecule has 0 bridgehead atoms. The molecule has 0 amide bonds. The standard InChI is InChI=1S/C16H25NO2.ClH/c1-18-15-11-7-8-13(16(15)19-2)12-17-14-9-5-3-4-6-10-14;/h7-8,11,14,17H,3-6,9-10,12H2,1-2H3;1H/p-1. The fourth-order valence-corrected chi connectivity index (χ4v) is 2.83. The summed E-state index contributed by atoms with van der Waals surface area (Å²) in [6, 6.07) is 6.71. The molecule has 1 N–H and O–H groups in total. The third kappa shape index (κ3) is 4.57. The molecule has 1 fully saturated rings. The number of rotatable bonds is 5. The summed E-state index contributed by atoms with van der Waals surface area (Å²) in [4.78, 5) is 0. The molecule has 0 radical (unpaired) electrons. The molecule has 0 heterocycles. The second kappa shape index (κ2) is 9.09. The van der Waals surface area contributed by atoms with Gasteiger partial charge in [-0.2, -0.15) is 0 Å². The monoisotopic (exact) mass is 298 g/mol. The van der Waals surface area contributed by atoms with Crippen LogP contribution in [0, 0.1) is 0 Å². The summed E-state index contributed by atoms with van der Waals surface area (Å²) in [5, 5.41) is 3.67. The van der Waals surface area contributed by atoms with E-state index in [2.05, 4.69) is 11.4 Å². The second-order valence-electron chi connectivity index (χ2n) is 5.22. The first-order chi connectivity index (χ1) is 9.35. The number of nitrogens with one attached hydrogen (secondary N) is 1. The second-order valence-corrected chi connectivity index (χ2v) is 5.22. The average molecular weight is 299 g/mol. The molecule has 1 aliphatic carbocycles. The molecular weight excluding hydrogens is 274 g/mol. The Morgan fingerprint density at radius 1 is 1.05 bits per heavy atom. The largest absolute Gasteiger partial charge is 1.00 e. The lowest BCUT2D eigenvalue weighted by atomic mass is 10.1. The highest BCUT2D eigenvalue weighted by Gasteiger charge is 2.14.